The Bertz CT molecular complexity index is 419. The Kier molecular flexibility index (Phi) is 3.74. The van der Waals surface area contributed by atoms with E-state index >= 15 is 0 Å². The summed E-state index contributed by atoms with van der Waals surface area (Å²) in [6.45, 7) is 6.79. The normalized spacial score (nSPS) is 16.6. The van der Waals surface area contributed by atoms with Gasteiger partial charge in [0.05, 0.1) is 0 Å². The summed E-state index contributed by atoms with van der Waals surface area (Å²) in [7, 11) is -1.27. The van der Waals surface area contributed by atoms with Gasteiger partial charge in [0.2, 0.25) is 0 Å². The standard InChI is InChI=1S/C16H17Si/c1-17(2,3)13-12-14-8-10-16(11-9-14)15-6-4-5-7-15/h4-11H,1-3H3. The Morgan fingerprint density at radius 1 is 0.882 bits per heavy atom. The smallest absolute Gasteiger partial charge is 0.127 e. The quantitative estimate of drug-likeness (QED) is 0.516. The van der Waals surface area contributed by atoms with Crippen LogP contribution >= 0.6 is 0 Å². The van der Waals surface area contributed by atoms with Gasteiger partial charge in [0, 0.05) is 11.5 Å². The highest BCUT2D eigenvalue weighted by Gasteiger charge is 2.18. The minimum atomic E-state index is -1.27. The van der Waals surface area contributed by atoms with Gasteiger partial charge in [-0.25, -0.2) is 0 Å². The first-order valence-electron chi connectivity index (χ1n) is 5.90. The second kappa shape index (κ2) is 5.10. The number of hydrogen-bond acceptors (Lipinski definition) is 0. The monoisotopic (exact) mass is 237 g/mol. The molecule has 0 atom stereocenters. The lowest BCUT2D eigenvalue weighted by Gasteiger charge is -2.07. The van der Waals surface area contributed by atoms with Crippen LogP contribution in [0.3, 0.4) is 0 Å². The molecule has 0 N–H and O–H groups in total. The van der Waals surface area contributed by atoms with Gasteiger partial charge in [0.25, 0.3) is 0 Å². The van der Waals surface area contributed by atoms with Crippen molar-refractivity contribution in [3.05, 3.63) is 67.0 Å². The van der Waals surface area contributed by atoms with Crippen molar-refractivity contribution in [2.75, 3.05) is 0 Å². The molecule has 1 aromatic rings. The molecule has 1 saturated carbocycles. The molecule has 0 spiro atoms. The molecule has 0 saturated heterocycles. The topological polar surface area (TPSA) is 0 Å². The van der Waals surface area contributed by atoms with E-state index in [4.69, 9.17) is 0 Å². The van der Waals surface area contributed by atoms with Crippen molar-refractivity contribution in [1.29, 1.82) is 0 Å². The lowest BCUT2D eigenvalue weighted by atomic mass is 9.97. The highest BCUT2D eigenvalue weighted by atomic mass is 28.3. The van der Waals surface area contributed by atoms with E-state index in [1.807, 2.05) is 0 Å². The summed E-state index contributed by atoms with van der Waals surface area (Å²) in [4.78, 5) is 0. The van der Waals surface area contributed by atoms with Crippen molar-refractivity contribution >= 4 is 8.07 Å². The molecule has 0 nitrogen and oxygen atoms in total. The van der Waals surface area contributed by atoms with Crippen molar-refractivity contribution < 1.29 is 0 Å². The molecule has 17 heavy (non-hydrogen) atoms. The Hall–Kier alpha value is -1.00. The molecular weight excluding hydrogens is 220 g/mol. The molecule has 0 unspecified atom stereocenters. The van der Waals surface area contributed by atoms with E-state index in [1.54, 1.807) is 0 Å². The summed E-state index contributed by atoms with van der Waals surface area (Å²) in [5.41, 5.74) is 5.75. The highest BCUT2D eigenvalue weighted by Crippen LogP contribution is 2.29. The molecule has 5 radical (unpaired) electrons. The average Bonchev–Trinajstić information content (AvgIpc) is 2.79. The van der Waals surface area contributed by atoms with E-state index in [9.17, 15) is 0 Å². The first-order chi connectivity index (χ1) is 8.04. The molecule has 1 fully saturated rings. The zero-order valence-corrected chi connectivity index (χ0v) is 11.6. The maximum atomic E-state index is 3.38. The molecule has 1 heteroatoms. The van der Waals surface area contributed by atoms with Gasteiger partial charge in [-0.1, -0.05) is 37.7 Å². The maximum Gasteiger partial charge on any atom is 0.129 e. The summed E-state index contributed by atoms with van der Waals surface area (Å²) in [5.74, 6) is 4.54. The Balaban J connectivity index is 2.09. The molecule has 1 aliphatic rings. The second-order valence-corrected chi connectivity index (χ2v) is 10.0. The maximum absolute atomic E-state index is 3.38. The lowest BCUT2D eigenvalue weighted by molar-refractivity contribution is 1.28. The molecule has 0 heterocycles. The van der Waals surface area contributed by atoms with E-state index in [1.165, 1.54) is 11.5 Å². The third kappa shape index (κ3) is 3.75. The fraction of sp³-hybridized carbons (Fsp3) is 0.188. The highest BCUT2D eigenvalue weighted by molar-refractivity contribution is 6.83. The van der Waals surface area contributed by atoms with Gasteiger partial charge < -0.3 is 0 Å². The molecular formula is C16H17Si. The van der Waals surface area contributed by atoms with Gasteiger partial charge in [-0.2, -0.15) is 0 Å². The molecule has 85 valence electrons. The fourth-order valence-corrected chi connectivity index (χ4v) is 2.09. The van der Waals surface area contributed by atoms with Crippen LogP contribution in [0.25, 0.3) is 0 Å². The van der Waals surface area contributed by atoms with Crippen molar-refractivity contribution in [3.8, 4) is 11.5 Å². The number of benzene rings is 1. The first kappa shape index (κ1) is 12.5. The van der Waals surface area contributed by atoms with E-state index < -0.39 is 8.07 Å². The van der Waals surface area contributed by atoms with Crippen LogP contribution in [0.4, 0.5) is 0 Å². The SMILES string of the molecule is C[Si](C)(C)C#Cc1ccc([C]2[CH][CH][CH][CH]2)cc1. The lowest BCUT2D eigenvalue weighted by Crippen LogP contribution is -2.16. The predicted molar refractivity (Wildman–Crippen MR) is 76.2 cm³/mol. The first-order valence-corrected chi connectivity index (χ1v) is 9.40. The average molecular weight is 237 g/mol. The Morgan fingerprint density at radius 2 is 1.47 bits per heavy atom. The Labute approximate surface area is 106 Å². The summed E-state index contributed by atoms with van der Waals surface area (Å²) >= 11 is 0. The minimum Gasteiger partial charge on any atom is -0.127 e. The van der Waals surface area contributed by atoms with Crippen molar-refractivity contribution in [1.82, 2.24) is 0 Å². The molecule has 1 aromatic carbocycles. The molecule has 2 rings (SSSR count). The number of rotatable bonds is 1. The fourth-order valence-electron chi connectivity index (χ4n) is 1.57. The second-order valence-electron chi connectivity index (χ2n) is 5.25. The predicted octanol–water partition coefficient (Wildman–Crippen LogP) is 3.67. The van der Waals surface area contributed by atoms with Crippen molar-refractivity contribution in [3.63, 3.8) is 0 Å². The van der Waals surface area contributed by atoms with Crippen LogP contribution in [0.15, 0.2) is 24.3 Å². The van der Waals surface area contributed by atoms with E-state index in [-0.39, 0.29) is 0 Å². The molecule has 0 aromatic heterocycles. The summed E-state index contributed by atoms with van der Waals surface area (Å²) in [6, 6.07) is 8.50. The van der Waals surface area contributed by atoms with Crippen LogP contribution in [0.2, 0.25) is 19.6 Å². The van der Waals surface area contributed by atoms with Crippen LogP contribution in [-0.2, 0) is 0 Å². The summed E-state index contributed by atoms with van der Waals surface area (Å²) < 4.78 is 0. The van der Waals surface area contributed by atoms with Crippen LogP contribution in [0.5, 0.6) is 0 Å². The van der Waals surface area contributed by atoms with Crippen molar-refractivity contribution in [2.24, 2.45) is 0 Å². The van der Waals surface area contributed by atoms with Gasteiger partial charge in [-0.15, -0.1) is 5.54 Å². The third-order valence-electron chi connectivity index (χ3n) is 2.46. The molecule has 0 bridgehead atoms. The van der Waals surface area contributed by atoms with E-state index in [0.29, 0.717) is 0 Å². The zero-order valence-electron chi connectivity index (χ0n) is 10.6. The zero-order chi connectivity index (χ0) is 12.3. The van der Waals surface area contributed by atoms with Crippen LogP contribution in [0.1, 0.15) is 11.1 Å². The summed E-state index contributed by atoms with van der Waals surface area (Å²) in [6.07, 6.45) is 8.38. The molecule has 0 amide bonds. The van der Waals surface area contributed by atoms with Crippen molar-refractivity contribution in [2.45, 2.75) is 19.6 Å². The third-order valence-corrected chi connectivity index (χ3v) is 3.34. The molecule has 1 aliphatic carbocycles. The van der Waals surface area contributed by atoms with E-state index in [0.717, 1.165) is 5.56 Å². The van der Waals surface area contributed by atoms with E-state index in [2.05, 4.69) is 81.1 Å². The number of hydrogen-bond donors (Lipinski definition) is 0. The van der Waals surface area contributed by atoms with Crippen LogP contribution in [-0.4, -0.2) is 8.07 Å². The van der Waals surface area contributed by atoms with Gasteiger partial charge in [-0.3, -0.25) is 0 Å². The van der Waals surface area contributed by atoms with Gasteiger partial charge >= 0.3 is 0 Å². The molecule has 0 aliphatic heterocycles. The van der Waals surface area contributed by atoms with Crippen LogP contribution < -0.4 is 0 Å². The summed E-state index contributed by atoms with van der Waals surface area (Å²) in [5, 5.41) is 0. The van der Waals surface area contributed by atoms with Crippen LogP contribution in [0, 0.1) is 43.1 Å². The Morgan fingerprint density at radius 3 is 2.00 bits per heavy atom. The van der Waals surface area contributed by atoms with Gasteiger partial charge in [0.1, 0.15) is 8.07 Å². The van der Waals surface area contributed by atoms with Gasteiger partial charge in [0.15, 0.2) is 0 Å². The largest absolute Gasteiger partial charge is 0.129 e. The van der Waals surface area contributed by atoms with Gasteiger partial charge in [-0.05, 0) is 43.4 Å². The minimum absolute atomic E-state index is 1.11.